The Labute approximate surface area is 212 Å². The van der Waals surface area contributed by atoms with Crippen LogP contribution in [0.3, 0.4) is 0 Å². The van der Waals surface area contributed by atoms with Crippen molar-refractivity contribution in [3.8, 4) is 0 Å². The van der Waals surface area contributed by atoms with Crippen LogP contribution < -0.4 is 27.0 Å². The average Bonchev–Trinajstić information content (AvgIpc) is 2.84. The van der Waals surface area contributed by atoms with Gasteiger partial charge in [-0.15, -0.1) is 0 Å². The van der Waals surface area contributed by atoms with Gasteiger partial charge in [-0.3, -0.25) is 15.1 Å². The van der Waals surface area contributed by atoms with E-state index < -0.39 is 11.6 Å². The number of hydrogen-bond acceptors (Lipinski definition) is 10. The van der Waals surface area contributed by atoms with Crippen LogP contribution in [-0.4, -0.2) is 76.7 Å². The molecule has 12 heteroatoms. The molecule has 0 aliphatic carbocycles. The summed E-state index contributed by atoms with van der Waals surface area (Å²) in [6.45, 7) is 7.75. The first-order valence-electron chi connectivity index (χ1n) is 11.3. The van der Waals surface area contributed by atoms with E-state index in [1.54, 1.807) is 30.1 Å². The molecule has 1 aromatic rings. The van der Waals surface area contributed by atoms with Crippen molar-refractivity contribution >= 4 is 35.3 Å². The van der Waals surface area contributed by atoms with Crippen LogP contribution in [0.2, 0.25) is 0 Å². The molecule has 194 valence electrons. The number of amidine groups is 1. The van der Waals surface area contributed by atoms with Gasteiger partial charge in [0.25, 0.3) is 5.91 Å². The number of anilines is 1. The Kier molecular flexibility index (Phi) is 12.5. The van der Waals surface area contributed by atoms with Crippen LogP contribution in [0.15, 0.2) is 42.2 Å². The third kappa shape index (κ3) is 8.67. The van der Waals surface area contributed by atoms with Gasteiger partial charge in [0.1, 0.15) is 5.82 Å². The van der Waals surface area contributed by atoms with Crippen molar-refractivity contribution in [3.63, 3.8) is 0 Å². The van der Waals surface area contributed by atoms with Crippen molar-refractivity contribution in [2.75, 3.05) is 38.2 Å². The Morgan fingerprint density at radius 1 is 1.46 bits per heavy atom. The van der Waals surface area contributed by atoms with Crippen molar-refractivity contribution < 1.29 is 15.0 Å². The van der Waals surface area contributed by atoms with E-state index >= 15 is 0 Å². The molecule has 2 unspecified atom stereocenters. The van der Waals surface area contributed by atoms with Gasteiger partial charge in [-0.1, -0.05) is 31.8 Å². The lowest BCUT2D eigenvalue weighted by Crippen LogP contribution is -2.47. The summed E-state index contributed by atoms with van der Waals surface area (Å²) in [6.07, 6.45) is 2.16. The van der Waals surface area contributed by atoms with Crippen LogP contribution in [-0.2, 0) is 10.5 Å². The van der Waals surface area contributed by atoms with E-state index in [0.29, 0.717) is 18.8 Å². The number of hydrogen-bond donors (Lipinski definition) is 7. The molecule has 35 heavy (non-hydrogen) atoms. The topological polar surface area (TPSA) is 177 Å². The highest BCUT2D eigenvalue weighted by atomic mass is 32.1. The van der Waals surface area contributed by atoms with Gasteiger partial charge < -0.3 is 37.2 Å². The summed E-state index contributed by atoms with van der Waals surface area (Å²) in [4.78, 5) is 20.3. The molecule has 0 aliphatic rings. The van der Waals surface area contributed by atoms with E-state index in [0.717, 1.165) is 0 Å². The summed E-state index contributed by atoms with van der Waals surface area (Å²) < 4.78 is 0. The molecule has 0 bridgehead atoms. The molecule has 0 fully saturated rings. The van der Waals surface area contributed by atoms with Crippen molar-refractivity contribution in [3.05, 3.63) is 47.9 Å². The number of carbonyl (C=O) groups excluding carboxylic acids is 1. The average molecular weight is 507 g/mol. The Morgan fingerprint density at radius 3 is 2.69 bits per heavy atom. The van der Waals surface area contributed by atoms with Crippen LogP contribution in [0, 0.1) is 5.41 Å². The summed E-state index contributed by atoms with van der Waals surface area (Å²) in [7, 11) is 1.64. The van der Waals surface area contributed by atoms with Crippen molar-refractivity contribution in [2.24, 2.45) is 11.5 Å². The summed E-state index contributed by atoms with van der Waals surface area (Å²) in [5.41, 5.74) is 11.9. The fourth-order valence-corrected chi connectivity index (χ4v) is 3.32. The zero-order chi connectivity index (χ0) is 26.6. The molecule has 1 aromatic heterocycles. The first kappa shape index (κ1) is 30.1. The smallest absolute Gasteiger partial charge is 0.254 e. The lowest BCUT2D eigenvalue weighted by molar-refractivity contribution is -0.123. The minimum Gasteiger partial charge on any atom is -0.396 e. The van der Waals surface area contributed by atoms with Crippen molar-refractivity contribution in [2.45, 2.75) is 38.5 Å². The van der Waals surface area contributed by atoms with Gasteiger partial charge in [0.2, 0.25) is 0 Å². The zero-order valence-electron chi connectivity index (χ0n) is 20.6. The third-order valence-corrected chi connectivity index (χ3v) is 5.24. The molecule has 1 amide bonds. The molecule has 1 heterocycles. The number of aliphatic hydroxyl groups is 2. The normalized spacial score (nSPS) is 13.9. The first-order valence-corrected chi connectivity index (χ1v) is 11.8. The van der Waals surface area contributed by atoms with Crippen LogP contribution in [0.25, 0.3) is 0 Å². The number of amides is 1. The largest absolute Gasteiger partial charge is 0.396 e. The second-order valence-corrected chi connectivity index (χ2v) is 8.27. The van der Waals surface area contributed by atoms with Crippen molar-refractivity contribution in [1.29, 1.82) is 5.41 Å². The van der Waals surface area contributed by atoms with Gasteiger partial charge in [0.15, 0.2) is 11.6 Å². The van der Waals surface area contributed by atoms with Gasteiger partial charge in [-0.25, -0.2) is 4.98 Å². The van der Waals surface area contributed by atoms with Crippen LogP contribution in [0.1, 0.15) is 32.4 Å². The molecular formula is C23H38N8O3S. The number of nitrogens with zero attached hydrogens (tertiary/aromatic N) is 3. The fraction of sp³-hybridized carbons (Fsp3) is 0.478. The summed E-state index contributed by atoms with van der Waals surface area (Å²) >= 11 is 5.10. The van der Waals surface area contributed by atoms with Gasteiger partial charge in [-0.05, 0) is 25.5 Å². The molecule has 0 aromatic carbocycles. The monoisotopic (exact) mass is 506 g/mol. The van der Waals surface area contributed by atoms with Gasteiger partial charge >= 0.3 is 0 Å². The number of thiocarbonyl (C=S) groups is 1. The highest BCUT2D eigenvalue weighted by Gasteiger charge is 2.30. The summed E-state index contributed by atoms with van der Waals surface area (Å²) in [6, 6.07) is 4.75. The lowest BCUT2D eigenvalue weighted by atomic mass is 10.1. The Balaban J connectivity index is 3.26. The number of aromatic nitrogens is 1. The van der Waals surface area contributed by atoms with Gasteiger partial charge in [0.05, 0.1) is 16.9 Å². The molecule has 0 saturated carbocycles. The van der Waals surface area contributed by atoms with Crippen LogP contribution in [0.5, 0.6) is 0 Å². The first-order chi connectivity index (χ1) is 16.6. The molecule has 0 aliphatic heterocycles. The van der Waals surface area contributed by atoms with Crippen LogP contribution in [0.4, 0.5) is 5.82 Å². The molecule has 2 atom stereocenters. The Morgan fingerprint density at radius 2 is 2.14 bits per heavy atom. The molecule has 0 saturated heterocycles. The summed E-state index contributed by atoms with van der Waals surface area (Å²) in [5.74, 6) is -0.167. The standard InChI is InChI=1S/C23H38N8O3S/c1-5-10-31(22(33)16(2)9-11-32)21(26)18(13-27-4)29-23(3,34)19-7-6-8-20(28-19)30(15-35)14-17(25)12-24/h6-8,13,15,17,26-27,29,32,34H,2,5,9-12,14,24-25H2,1,3-4H3/b18-13+,26-21?. The lowest BCUT2D eigenvalue weighted by Gasteiger charge is -2.31. The number of pyridine rings is 1. The number of rotatable bonds is 15. The van der Waals surface area contributed by atoms with E-state index in [9.17, 15) is 9.90 Å². The predicted molar refractivity (Wildman–Crippen MR) is 143 cm³/mol. The number of nitrogens with one attached hydrogen (secondary N) is 3. The molecule has 9 N–H and O–H groups in total. The second-order valence-electron chi connectivity index (χ2n) is 8.06. The van der Waals surface area contributed by atoms with Crippen molar-refractivity contribution in [1.82, 2.24) is 20.5 Å². The van der Waals surface area contributed by atoms with Crippen LogP contribution >= 0.6 is 12.2 Å². The SMILES string of the molecule is C=C(CCO)C(=O)N(CCC)C(=N)/C(=C\NC)NC(C)(O)c1cccc(N(C=S)CC(N)CN)n1. The molecule has 11 nitrogen and oxygen atoms in total. The van der Waals surface area contributed by atoms with E-state index in [-0.39, 0.29) is 55.0 Å². The number of aliphatic hydroxyl groups excluding tert-OH is 1. The second kappa shape index (κ2) is 14.5. The van der Waals surface area contributed by atoms with E-state index in [4.69, 9.17) is 34.2 Å². The Hall–Kier alpha value is -2.90. The highest BCUT2D eigenvalue weighted by Crippen LogP contribution is 2.21. The molecule has 0 spiro atoms. The molecule has 1 rings (SSSR count). The maximum atomic E-state index is 12.9. The van der Waals surface area contributed by atoms with E-state index in [2.05, 4.69) is 22.2 Å². The quantitative estimate of drug-likeness (QED) is 0.0567. The highest BCUT2D eigenvalue weighted by molar-refractivity contribution is 7.79. The van der Waals surface area contributed by atoms with E-state index in [1.807, 2.05) is 6.92 Å². The predicted octanol–water partition coefficient (Wildman–Crippen LogP) is 0.101. The van der Waals surface area contributed by atoms with E-state index in [1.165, 1.54) is 23.5 Å². The fourth-order valence-electron chi connectivity index (χ4n) is 3.12. The van der Waals surface area contributed by atoms with Gasteiger partial charge in [-0.2, -0.15) is 0 Å². The molecular weight excluding hydrogens is 468 g/mol. The van der Waals surface area contributed by atoms with Gasteiger partial charge in [0, 0.05) is 57.5 Å². The Bertz CT molecular complexity index is 922. The minimum atomic E-state index is -1.73. The maximum absolute atomic E-state index is 12.9. The number of nitrogens with two attached hydrogens (primary N) is 2. The zero-order valence-corrected chi connectivity index (χ0v) is 21.4. The maximum Gasteiger partial charge on any atom is 0.254 e. The third-order valence-electron chi connectivity index (χ3n) is 4.99. The minimum absolute atomic E-state index is 0.101. The summed E-state index contributed by atoms with van der Waals surface area (Å²) in [5, 5.41) is 34.9. The molecule has 0 radical (unpaired) electrons. The number of carbonyl (C=O) groups is 1.